The van der Waals surface area contributed by atoms with Gasteiger partial charge in [-0.15, -0.1) is 11.3 Å². The van der Waals surface area contributed by atoms with Gasteiger partial charge in [0.15, 0.2) is 0 Å². The van der Waals surface area contributed by atoms with Crippen LogP contribution in [0.5, 0.6) is 0 Å². The van der Waals surface area contributed by atoms with E-state index in [2.05, 4.69) is 17.6 Å². The van der Waals surface area contributed by atoms with Crippen LogP contribution in [0.15, 0.2) is 24.3 Å². The normalized spacial score (nSPS) is 21.8. The molecule has 0 saturated carbocycles. The van der Waals surface area contributed by atoms with Crippen LogP contribution in [-0.2, 0) is 32.7 Å². The number of fused-ring (bicyclic) bond motifs is 1. The summed E-state index contributed by atoms with van der Waals surface area (Å²) in [7, 11) is 0. The van der Waals surface area contributed by atoms with Gasteiger partial charge in [0.05, 0.1) is 12.2 Å². The van der Waals surface area contributed by atoms with Crippen molar-refractivity contribution < 1.29 is 23.9 Å². The number of imide groups is 1. The highest BCUT2D eigenvalue weighted by Crippen LogP contribution is 2.40. The third kappa shape index (κ3) is 4.32. The van der Waals surface area contributed by atoms with Gasteiger partial charge in [-0.2, -0.15) is 0 Å². The van der Waals surface area contributed by atoms with E-state index in [0.29, 0.717) is 22.0 Å². The maximum Gasteiger partial charge on any atom is 0.341 e. The molecule has 2 heterocycles. The number of urea groups is 1. The molecule has 8 nitrogen and oxygen atoms in total. The van der Waals surface area contributed by atoms with E-state index in [1.165, 1.54) is 11.3 Å². The molecule has 2 N–H and O–H groups in total. The van der Waals surface area contributed by atoms with E-state index in [0.717, 1.165) is 40.2 Å². The highest BCUT2D eigenvalue weighted by Gasteiger charge is 2.49. The molecule has 1 aliphatic carbocycles. The second-order valence-electron chi connectivity index (χ2n) is 9.14. The molecular weight excluding hydrogens is 454 g/mol. The van der Waals surface area contributed by atoms with E-state index in [1.54, 1.807) is 26.0 Å². The van der Waals surface area contributed by atoms with Gasteiger partial charge in [0.25, 0.3) is 5.91 Å². The first kappa shape index (κ1) is 23.9. The number of nitrogens with zero attached hydrogens (tertiary/aromatic N) is 1. The molecule has 0 radical (unpaired) electrons. The minimum Gasteiger partial charge on any atom is -0.462 e. The van der Waals surface area contributed by atoms with Crippen LogP contribution in [0.1, 0.15) is 59.1 Å². The van der Waals surface area contributed by atoms with Crippen molar-refractivity contribution in [3.8, 4) is 0 Å². The standard InChI is InChI=1S/C25H29N3O5S/c1-5-33-22(30)20-17-11-8-15(3)12-18(17)34-21(20)26-19(29)13-28-23(31)25(4,27-24(28)32)16-9-6-14(2)7-10-16/h6-7,9-10,15H,5,8,11-13H2,1-4H3,(H,26,29)(H,27,32)/t15-,25+/m0/s1. The summed E-state index contributed by atoms with van der Waals surface area (Å²) in [6.45, 7) is 7.24. The molecule has 1 aliphatic heterocycles. The Hall–Kier alpha value is -3.20. The zero-order chi connectivity index (χ0) is 24.6. The number of benzene rings is 1. The summed E-state index contributed by atoms with van der Waals surface area (Å²) in [4.78, 5) is 53.4. The largest absolute Gasteiger partial charge is 0.462 e. The lowest BCUT2D eigenvalue weighted by molar-refractivity contribution is -0.133. The highest BCUT2D eigenvalue weighted by atomic mass is 32.1. The van der Waals surface area contributed by atoms with Gasteiger partial charge in [-0.05, 0) is 57.1 Å². The fraction of sp³-hybridized carbons (Fsp3) is 0.440. The van der Waals surface area contributed by atoms with Crippen molar-refractivity contribution in [3.63, 3.8) is 0 Å². The summed E-state index contributed by atoms with van der Waals surface area (Å²) < 4.78 is 5.24. The molecule has 1 saturated heterocycles. The minimum atomic E-state index is -1.25. The van der Waals surface area contributed by atoms with E-state index >= 15 is 0 Å². The number of thiophene rings is 1. The Bertz CT molecular complexity index is 1160. The van der Waals surface area contributed by atoms with Crippen molar-refractivity contribution >= 4 is 40.2 Å². The van der Waals surface area contributed by atoms with E-state index in [9.17, 15) is 19.2 Å². The Morgan fingerprint density at radius 2 is 1.97 bits per heavy atom. The molecule has 0 bridgehead atoms. The first-order chi connectivity index (χ1) is 16.1. The predicted molar refractivity (Wildman–Crippen MR) is 129 cm³/mol. The summed E-state index contributed by atoms with van der Waals surface area (Å²) in [6.07, 6.45) is 2.55. The molecule has 2 aliphatic rings. The summed E-state index contributed by atoms with van der Waals surface area (Å²) in [5.41, 5.74) is 1.75. The number of amides is 4. The zero-order valence-corrected chi connectivity index (χ0v) is 20.6. The summed E-state index contributed by atoms with van der Waals surface area (Å²) in [5.74, 6) is -1.02. The zero-order valence-electron chi connectivity index (χ0n) is 19.8. The van der Waals surface area contributed by atoms with Crippen molar-refractivity contribution in [1.82, 2.24) is 10.2 Å². The average molecular weight is 484 g/mol. The van der Waals surface area contributed by atoms with Crippen LogP contribution in [0.2, 0.25) is 0 Å². The molecule has 1 aromatic carbocycles. The topological polar surface area (TPSA) is 105 Å². The van der Waals surface area contributed by atoms with Crippen LogP contribution < -0.4 is 10.6 Å². The smallest absolute Gasteiger partial charge is 0.341 e. The monoisotopic (exact) mass is 483 g/mol. The number of nitrogens with one attached hydrogen (secondary N) is 2. The molecule has 4 amide bonds. The van der Waals surface area contributed by atoms with Crippen molar-refractivity contribution in [2.24, 2.45) is 5.92 Å². The molecule has 0 spiro atoms. The minimum absolute atomic E-state index is 0.229. The lowest BCUT2D eigenvalue weighted by atomic mass is 9.88. The van der Waals surface area contributed by atoms with E-state index in [4.69, 9.17) is 4.74 Å². The van der Waals surface area contributed by atoms with Crippen molar-refractivity contribution in [3.05, 3.63) is 51.4 Å². The van der Waals surface area contributed by atoms with Gasteiger partial charge < -0.3 is 15.4 Å². The van der Waals surface area contributed by atoms with Crippen LogP contribution >= 0.6 is 11.3 Å². The van der Waals surface area contributed by atoms with Gasteiger partial charge in [0.2, 0.25) is 5.91 Å². The summed E-state index contributed by atoms with van der Waals surface area (Å²) >= 11 is 1.37. The maximum atomic E-state index is 13.2. The third-order valence-corrected chi connectivity index (χ3v) is 7.62. The van der Waals surface area contributed by atoms with Gasteiger partial charge in [-0.3, -0.25) is 14.5 Å². The van der Waals surface area contributed by atoms with Crippen LogP contribution in [0, 0.1) is 12.8 Å². The second-order valence-corrected chi connectivity index (χ2v) is 10.2. The van der Waals surface area contributed by atoms with Gasteiger partial charge >= 0.3 is 12.0 Å². The van der Waals surface area contributed by atoms with E-state index < -0.39 is 35.9 Å². The van der Waals surface area contributed by atoms with Gasteiger partial charge in [-0.1, -0.05) is 36.8 Å². The molecule has 1 aromatic heterocycles. The Kier molecular flexibility index (Phi) is 6.49. The first-order valence-corrected chi connectivity index (χ1v) is 12.3. The fourth-order valence-electron chi connectivity index (χ4n) is 4.49. The van der Waals surface area contributed by atoms with Crippen molar-refractivity contribution in [1.29, 1.82) is 0 Å². The number of carbonyl (C=O) groups is 4. The fourth-order valence-corrected chi connectivity index (χ4v) is 5.91. The Morgan fingerprint density at radius 1 is 1.26 bits per heavy atom. The number of hydrogen-bond acceptors (Lipinski definition) is 6. The maximum absolute atomic E-state index is 13.2. The number of aryl methyl sites for hydroxylation is 1. The molecule has 180 valence electrons. The average Bonchev–Trinajstić information content (AvgIpc) is 3.23. The van der Waals surface area contributed by atoms with Crippen molar-refractivity contribution in [2.75, 3.05) is 18.5 Å². The van der Waals surface area contributed by atoms with Gasteiger partial charge in [0.1, 0.15) is 17.1 Å². The highest BCUT2D eigenvalue weighted by molar-refractivity contribution is 7.17. The van der Waals surface area contributed by atoms with Gasteiger partial charge in [-0.25, -0.2) is 9.59 Å². The number of anilines is 1. The summed E-state index contributed by atoms with van der Waals surface area (Å²) in [6, 6.07) is 6.69. The second kappa shape index (κ2) is 9.21. The molecule has 1 fully saturated rings. The Balaban J connectivity index is 1.54. The predicted octanol–water partition coefficient (Wildman–Crippen LogP) is 3.76. The van der Waals surface area contributed by atoms with Gasteiger partial charge in [0, 0.05) is 4.88 Å². The Labute approximate surface area is 202 Å². The lowest BCUT2D eigenvalue weighted by Crippen LogP contribution is -2.42. The van der Waals surface area contributed by atoms with E-state index in [1.807, 2.05) is 19.1 Å². The molecule has 2 aromatic rings. The number of rotatable bonds is 6. The molecule has 0 unspecified atom stereocenters. The Morgan fingerprint density at radius 3 is 2.65 bits per heavy atom. The van der Waals surface area contributed by atoms with Crippen LogP contribution in [0.25, 0.3) is 0 Å². The van der Waals surface area contributed by atoms with E-state index in [-0.39, 0.29) is 6.61 Å². The van der Waals surface area contributed by atoms with Crippen LogP contribution in [0.4, 0.5) is 9.80 Å². The summed E-state index contributed by atoms with van der Waals surface area (Å²) in [5, 5.41) is 5.89. The number of carbonyl (C=O) groups excluding carboxylic acids is 4. The molecule has 34 heavy (non-hydrogen) atoms. The molecule has 9 heteroatoms. The molecule has 2 atom stereocenters. The number of esters is 1. The molecular formula is C25H29N3O5S. The SMILES string of the molecule is CCOC(=O)c1c(NC(=O)CN2C(=O)N[C@](C)(c3ccc(C)cc3)C2=O)sc2c1CC[C@H](C)C2. The lowest BCUT2D eigenvalue weighted by Gasteiger charge is -2.22. The number of hydrogen-bond donors (Lipinski definition) is 2. The quantitative estimate of drug-likeness (QED) is 0.481. The van der Waals surface area contributed by atoms with Crippen molar-refractivity contribution in [2.45, 2.75) is 52.5 Å². The third-order valence-electron chi connectivity index (χ3n) is 6.45. The molecule has 4 rings (SSSR count). The first-order valence-electron chi connectivity index (χ1n) is 11.5. The number of ether oxygens (including phenoxy) is 1. The van der Waals surface area contributed by atoms with Crippen LogP contribution in [-0.4, -0.2) is 41.9 Å². The van der Waals surface area contributed by atoms with Crippen LogP contribution in [0.3, 0.4) is 0 Å².